The lowest BCUT2D eigenvalue weighted by Gasteiger charge is -2.15. The molecule has 7 heteroatoms. The third-order valence-corrected chi connectivity index (χ3v) is 4.43. The van der Waals surface area contributed by atoms with Crippen molar-refractivity contribution >= 4 is 41.5 Å². The summed E-state index contributed by atoms with van der Waals surface area (Å²) >= 11 is 12.0. The van der Waals surface area contributed by atoms with Crippen molar-refractivity contribution in [2.75, 3.05) is 19.6 Å². The molecule has 1 saturated heterocycles. The molecule has 1 amide bonds. The molecule has 2 unspecified atom stereocenters. The third kappa shape index (κ3) is 5.60. The second-order valence-electron chi connectivity index (χ2n) is 5.35. The molecule has 4 nitrogen and oxygen atoms in total. The van der Waals surface area contributed by atoms with Gasteiger partial charge in [0.1, 0.15) is 0 Å². The number of aliphatic hydroxyl groups excluding tert-OH is 1. The number of hydrogen-bond acceptors (Lipinski definition) is 3. The van der Waals surface area contributed by atoms with Gasteiger partial charge in [-0.15, -0.1) is 12.4 Å². The lowest BCUT2D eigenvalue weighted by molar-refractivity contribution is -0.121. The number of halogens is 3. The molecule has 0 radical (unpaired) electrons. The molecule has 1 aromatic carbocycles. The van der Waals surface area contributed by atoms with E-state index in [1.54, 1.807) is 18.2 Å². The topological polar surface area (TPSA) is 61.4 Å². The Labute approximate surface area is 147 Å². The number of aliphatic hydroxyl groups is 1. The van der Waals surface area contributed by atoms with E-state index in [0.717, 1.165) is 25.9 Å². The van der Waals surface area contributed by atoms with Crippen molar-refractivity contribution < 1.29 is 9.90 Å². The zero-order valence-corrected chi connectivity index (χ0v) is 14.5. The van der Waals surface area contributed by atoms with E-state index >= 15 is 0 Å². The second kappa shape index (κ2) is 9.58. The van der Waals surface area contributed by atoms with Crippen molar-refractivity contribution in [2.45, 2.75) is 25.4 Å². The Kier molecular flexibility index (Phi) is 8.50. The Balaban J connectivity index is 0.00000242. The second-order valence-corrected chi connectivity index (χ2v) is 6.17. The highest BCUT2D eigenvalue weighted by Crippen LogP contribution is 2.29. The van der Waals surface area contributed by atoms with Crippen molar-refractivity contribution in [3.63, 3.8) is 0 Å². The zero-order valence-electron chi connectivity index (χ0n) is 12.1. The van der Waals surface area contributed by atoms with Gasteiger partial charge in [0.2, 0.25) is 5.91 Å². The first-order chi connectivity index (χ1) is 10.1. The quantitative estimate of drug-likeness (QED) is 0.724. The summed E-state index contributed by atoms with van der Waals surface area (Å²) in [4.78, 5) is 11.8. The van der Waals surface area contributed by atoms with Crippen LogP contribution in [0.15, 0.2) is 18.2 Å². The summed E-state index contributed by atoms with van der Waals surface area (Å²) in [6.45, 7) is 2.15. The molecule has 0 bridgehead atoms. The number of nitrogens with one attached hydrogen (secondary N) is 2. The molecule has 0 saturated carbocycles. The average molecular weight is 368 g/mol. The highest BCUT2D eigenvalue weighted by molar-refractivity contribution is 6.36. The molecule has 2 rings (SSSR count). The van der Waals surface area contributed by atoms with E-state index in [4.69, 9.17) is 23.2 Å². The molecule has 1 aromatic rings. The van der Waals surface area contributed by atoms with Gasteiger partial charge in [-0.05, 0) is 44.0 Å². The predicted molar refractivity (Wildman–Crippen MR) is 91.9 cm³/mol. The van der Waals surface area contributed by atoms with E-state index in [1.807, 2.05) is 0 Å². The standard InChI is InChI=1S/C15H20Cl2N2O2.ClH/c16-11-2-1-3-12(17)15(11)13(20)9-19-14(21)5-4-10-6-7-18-8-10;/h1-3,10,13,18,20H,4-9H2,(H,19,21);1H. The van der Waals surface area contributed by atoms with Crippen LogP contribution >= 0.6 is 35.6 Å². The lowest BCUT2D eigenvalue weighted by atomic mass is 10.0. The van der Waals surface area contributed by atoms with Crippen LogP contribution in [-0.4, -0.2) is 30.6 Å². The van der Waals surface area contributed by atoms with Gasteiger partial charge in [0, 0.05) is 28.6 Å². The summed E-state index contributed by atoms with van der Waals surface area (Å²) in [5.74, 6) is 0.530. The van der Waals surface area contributed by atoms with Gasteiger partial charge in [0.05, 0.1) is 6.10 Å². The summed E-state index contributed by atoms with van der Waals surface area (Å²) in [5.41, 5.74) is 0.459. The Morgan fingerprint density at radius 1 is 1.41 bits per heavy atom. The van der Waals surface area contributed by atoms with Crippen molar-refractivity contribution in [3.05, 3.63) is 33.8 Å². The molecule has 22 heavy (non-hydrogen) atoms. The molecule has 1 fully saturated rings. The van der Waals surface area contributed by atoms with Crippen LogP contribution in [0.1, 0.15) is 30.9 Å². The van der Waals surface area contributed by atoms with Crippen LogP contribution in [0.25, 0.3) is 0 Å². The summed E-state index contributed by atoms with van der Waals surface area (Å²) in [6.07, 6.45) is 1.59. The van der Waals surface area contributed by atoms with Crippen molar-refractivity contribution in [1.29, 1.82) is 0 Å². The summed E-state index contributed by atoms with van der Waals surface area (Å²) in [6, 6.07) is 5.05. The fourth-order valence-corrected chi connectivity index (χ4v) is 3.18. The SMILES string of the molecule is Cl.O=C(CCC1CCNC1)NCC(O)c1c(Cl)cccc1Cl. The van der Waals surface area contributed by atoms with Gasteiger partial charge in [-0.1, -0.05) is 29.3 Å². The van der Waals surface area contributed by atoms with Crippen LogP contribution in [0.2, 0.25) is 10.0 Å². The number of hydrogen-bond donors (Lipinski definition) is 3. The monoisotopic (exact) mass is 366 g/mol. The molecular weight excluding hydrogens is 347 g/mol. The molecule has 1 aliphatic heterocycles. The van der Waals surface area contributed by atoms with Crippen molar-refractivity contribution in [3.8, 4) is 0 Å². The number of carbonyl (C=O) groups is 1. The minimum absolute atomic E-state index is 0. The van der Waals surface area contributed by atoms with E-state index in [1.165, 1.54) is 0 Å². The van der Waals surface area contributed by atoms with Crippen LogP contribution in [0.4, 0.5) is 0 Å². The number of rotatable bonds is 6. The highest BCUT2D eigenvalue weighted by atomic mass is 35.5. The van der Waals surface area contributed by atoms with Crippen molar-refractivity contribution in [2.24, 2.45) is 5.92 Å². The fraction of sp³-hybridized carbons (Fsp3) is 0.533. The summed E-state index contributed by atoms with van der Waals surface area (Å²) in [7, 11) is 0. The largest absolute Gasteiger partial charge is 0.386 e. The molecule has 124 valence electrons. The zero-order chi connectivity index (χ0) is 15.2. The Morgan fingerprint density at radius 2 is 2.09 bits per heavy atom. The molecule has 1 heterocycles. The van der Waals surface area contributed by atoms with E-state index < -0.39 is 6.10 Å². The average Bonchev–Trinajstić information content (AvgIpc) is 2.96. The molecular formula is C15H21Cl3N2O2. The first kappa shape index (κ1) is 19.5. The van der Waals surface area contributed by atoms with Crippen LogP contribution < -0.4 is 10.6 Å². The Bertz CT molecular complexity index is 473. The smallest absolute Gasteiger partial charge is 0.220 e. The van der Waals surface area contributed by atoms with E-state index in [0.29, 0.717) is 27.9 Å². The minimum atomic E-state index is -0.900. The van der Waals surface area contributed by atoms with Crippen LogP contribution in [0, 0.1) is 5.92 Å². The fourth-order valence-electron chi connectivity index (χ4n) is 2.53. The normalized spacial score (nSPS) is 18.6. The number of benzene rings is 1. The van der Waals surface area contributed by atoms with Gasteiger partial charge in [0.25, 0.3) is 0 Å². The first-order valence-corrected chi connectivity index (χ1v) is 7.93. The molecule has 0 aliphatic carbocycles. The van der Waals surface area contributed by atoms with Gasteiger partial charge in [-0.3, -0.25) is 4.79 Å². The Hall–Kier alpha value is -0.520. The van der Waals surface area contributed by atoms with Gasteiger partial charge in [-0.25, -0.2) is 0 Å². The van der Waals surface area contributed by atoms with E-state index in [2.05, 4.69) is 10.6 Å². The predicted octanol–water partition coefficient (Wildman–Crippen LogP) is 2.95. The molecule has 0 aromatic heterocycles. The van der Waals surface area contributed by atoms with Gasteiger partial charge in [-0.2, -0.15) is 0 Å². The van der Waals surface area contributed by atoms with Gasteiger partial charge >= 0.3 is 0 Å². The lowest BCUT2D eigenvalue weighted by Crippen LogP contribution is -2.29. The maximum absolute atomic E-state index is 11.8. The maximum Gasteiger partial charge on any atom is 0.220 e. The van der Waals surface area contributed by atoms with Crippen LogP contribution in [0.5, 0.6) is 0 Å². The van der Waals surface area contributed by atoms with Crippen LogP contribution in [-0.2, 0) is 4.79 Å². The third-order valence-electron chi connectivity index (χ3n) is 3.77. The van der Waals surface area contributed by atoms with Crippen molar-refractivity contribution in [1.82, 2.24) is 10.6 Å². The number of carbonyl (C=O) groups excluding carboxylic acids is 1. The molecule has 0 spiro atoms. The van der Waals surface area contributed by atoms with E-state index in [9.17, 15) is 9.90 Å². The molecule has 1 aliphatic rings. The van der Waals surface area contributed by atoms with Gasteiger partial charge in [0.15, 0.2) is 0 Å². The van der Waals surface area contributed by atoms with Gasteiger partial charge < -0.3 is 15.7 Å². The molecule has 3 N–H and O–H groups in total. The Morgan fingerprint density at radius 3 is 2.68 bits per heavy atom. The number of amides is 1. The van der Waals surface area contributed by atoms with E-state index in [-0.39, 0.29) is 24.9 Å². The highest BCUT2D eigenvalue weighted by Gasteiger charge is 2.18. The summed E-state index contributed by atoms with van der Waals surface area (Å²) in [5, 5.41) is 16.9. The summed E-state index contributed by atoms with van der Waals surface area (Å²) < 4.78 is 0. The minimum Gasteiger partial charge on any atom is -0.386 e. The molecule has 2 atom stereocenters. The van der Waals surface area contributed by atoms with Crippen LogP contribution in [0.3, 0.4) is 0 Å². The first-order valence-electron chi connectivity index (χ1n) is 7.17. The maximum atomic E-state index is 11.8.